The Hall–Kier alpha value is -1.06. The number of nitrogens with one attached hydrogen (secondary N) is 1. The molecule has 1 fully saturated rings. The van der Waals surface area contributed by atoms with E-state index in [-0.39, 0.29) is 0 Å². The predicted octanol–water partition coefficient (Wildman–Crippen LogP) is 1.10. The minimum absolute atomic E-state index is 0.365. The van der Waals surface area contributed by atoms with E-state index < -0.39 is 0 Å². The maximum absolute atomic E-state index is 5.73. The van der Waals surface area contributed by atoms with Gasteiger partial charge in [0, 0.05) is 19.6 Å². The summed E-state index contributed by atoms with van der Waals surface area (Å²) in [5.41, 5.74) is 1.32. The van der Waals surface area contributed by atoms with Crippen LogP contribution < -0.4 is 10.1 Å². The molecule has 1 heterocycles. The summed E-state index contributed by atoms with van der Waals surface area (Å²) < 4.78 is 5.73. The first-order valence-electron chi connectivity index (χ1n) is 5.35. The van der Waals surface area contributed by atoms with Crippen LogP contribution in [0.2, 0.25) is 0 Å². The Morgan fingerprint density at radius 3 is 2.40 bits per heavy atom. The summed E-state index contributed by atoms with van der Waals surface area (Å²) in [6.45, 7) is 2.92. The summed E-state index contributed by atoms with van der Waals surface area (Å²) in [6, 6.07) is 8.36. The lowest BCUT2D eigenvalue weighted by Gasteiger charge is -2.27. The maximum Gasteiger partial charge on any atom is 0.123 e. The van der Waals surface area contributed by atoms with Gasteiger partial charge < -0.3 is 15.0 Å². The molecule has 3 nitrogen and oxygen atoms in total. The van der Waals surface area contributed by atoms with E-state index in [0.29, 0.717) is 6.10 Å². The first-order chi connectivity index (χ1) is 7.24. The third-order valence-electron chi connectivity index (χ3n) is 2.47. The van der Waals surface area contributed by atoms with Crippen molar-refractivity contribution in [3.05, 3.63) is 29.8 Å². The Morgan fingerprint density at radius 1 is 1.27 bits per heavy atom. The van der Waals surface area contributed by atoms with E-state index in [2.05, 4.69) is 48.6 Å². The lowest BCUT2D eigenvalue weighted by Crippen LogP contribution is -2.50. The molecule has 0 radical (unpaired) electrons. The molecule has 3 heteroatoms. The first-order valence-corrected chi connectivity index (χ1v) is 5.35. The fourth-order valence-electron chi connectivity index (χ4n) is 1.58. The number of rotatable bonds is 4. The van der Waals surface area contributed by atoms with Crippen molar-refractivity contribution in [2.75, 3.05) is 27.2 Å². The van der Waals surface area contributed by atoms with E-state index in [1.165, 1.54) is 5.56 Å². The van der Waals surface area contributed by atoms with E-state index in [1.807, 2.05) is 0 Å². The van der Waals surface area contributed by atoms with Crippen molar-refractivity contribution in [3.63, 3.8) is 0 Å². The van der Waals surface area contributed by atoms with Crippen LogP contribution in [-0.4, -0.2) is 38.2 Å². The van der Waals surface area contributed by atoms with Crippen molar-refractivity contribution < 1.29 is 4.74 Å². The van der Waals surface area contributed by atoms with Gasteiger partial charge in [-0.3, -0.25) is 0 Å². The van der Waals surface area contributed by atoms with Gasteiger partial charge in [0.05, 0.1) is 0 Å². The maximum atomic E-state index is 5.73. The Kier molecular flexibility index (Phi) is 3.23. The van der Waals surface area contributed by atoms with E-state index in [4.69, 9.17) is 4.74 Å². The molecular weight excluding hydrogens is 188 g/mol. The van der Waals surface area contributed by atoms with Crippen molar-refractivity contribution in [3.8, 4) is 5.75 Å². The second kappa shape index (κ2) is 4.64. The summed E-state index contributed by atoms with van der Waals surface area (Å²) in [6.07, 6.45) is 0.365. The van der Waals surface area contributed by atoms with Gasteiger partial charge in [-0.15, -0.1) is 0 Å². The van der Waals surface area contributed by atoms with E-state index in [9.17, 15) is 0 Å². The van der Waals surface area contributed by atoms with Crippen LogP contribution in [0.25, 0.3) is 0 Å². The number of benzene rings is 1. The van der Waals surface area contributed by atoms with Crippen LogP contribution in [0.3, 0.4) is 0 Å². The second-order valence-corrected chi connectivity index (χ2v) is 4.28. The zero-order valence-corrected chi connectivity index (χ0v) is 9.36. The fourth-order valence-corrected chi connectivity index (χ4v) is 1.58. The number of nitrogens with zero attached hydrogens (tertiary/aromatic N) is 1. The normalized spacial score (nSPS) is 16.5. The predicted molar refractivity (Wildman–Crippen MR) is 61.1 cm³/mol. The Bertz CT molecular complexity index is 304. The summed E-state index contributed by atoms with van der Waals surface area (Å²) in [5.74, 6) is 0.976. The zero-order chi connectivity index (χ0) is 10.7. The van der Waals surface area contributed by atoms with Gasteiger partial charge in [0.1, 0.15) is 11.9 Å². The molecule has 1 aromatic rings. The lowest BCUT2D eigenvalue weighted by molar-refractivity contribution is 0.142. The highest BCUT2D eigenvalue weighted by molar-refractivity contribution is 5.27. The largest absolute Gasteiger partial charge is 0.488 e. The van der Waals surface area contributed by atoms with Gasteiger partial charge >= 0.3 is 0 Å². The van der Waals surface area contributed by atoms with E-state index in [1.54, 1.807) is 0 Å². The highest BCUT2D eigenvalue weighted by atomic mass is 16.5. The van der Waals surface area contributed by atoms with Gasteiger partial charge in [-0.25, -0.2) is 0 Å². The van der Waals surface area contributed by atoms with Crippen molar-refractivity contribution in [1.29, 1.82) is 0 Å². The van der Waals surface area contributed by atoms with E-state index in [0.717, 1.165) is 25.4 Å². The van der Waals surface area contributed by atoms with E-state index >= 15 is 0 Å². The third kappa shape index (κ3) is 2.94. The minimum atomic E-state index is 0.365. The molecule has 0 spiro atoms. The topological polar surface area (TPSA) is 24.5 Å². The Labute approximate surface area is 91.0 Å². The molecule has 1 aliphatic heterocycles. The molecule has 15 heavy (non-hydrogen) atoms. The first kappa shape index (κ1) is 10.5. The number of hydrogen-bond donors (Lipinski definition) is 1. The van der Waals surface area contributed by atoms with Crippen molar-refractivity contribution in [2.24, 2.45) is 0 Å². The summed E-state index contributed by atoms with van der Waals surface area (Å²) >= 11 is 0. The summed E-state index contributed by atoms with van der Waals surface area (Å²) in [7, 11) is 4.15. The van der Waals surface area contributed by atoms with Gasteiger partial charge in [0.15, 0.2) is 0 Å². The molecule has 0 bridgehead atoms. The molecule has 0 aliphatic carbocycles. The fraction of sp³-hybridized carbons (Fsp3) is 0.500. The standard InChI is InChI=1S/C12H18N2O/c1-14(2)9-10-3-5-11(6-4-10)15-12-7-13-8-12/h3-6,12-13H,7-9H2,1-2H3. The van der Waals surface area contributed by atoms with Crippen LogP contribution in [0.1, 0.15) is 5.56 Å². The average Bonchev–Trinajstić information content (AvgIpc) is 2.13. The average molecular weight is 206 g/mol. The van der Waals surface area contributed by atoms with Crippen LogP contribution in [0.15, 0.2) is 24.3 Å². The molecule has 1 saturated heterocycles. The number of hydrogen-bond acceptors (Lipinski definition) is 3. The molecule has 0 amide bonds. The third-order valence-corrected chi connectivity index (χ3v) is 2.47. The molecule has 0 aromatic heterocycles. The van der Waals surface area contributed by atoms with Crippen LogP contribution in [0.4, 0.5) is 0 Å². The number of ether oxygens (including phenoxy) is 1. The molecule has 2 rings (SSSR count). The van der Waals surface area contributed by atoms with Gasteiger partial charge in [-0.1, -0.05) is 12.1 Å². The van der Waals surface area contributed by atoms with Crippen molar-refractivity contribution in [1.82, 2.24) is 10.2 Å². The monoisotopic (exact) mass is 206 g/mol. The summed E-state index contributed by atoms with van der Waals surface area (Å²) in [5, 5.41) is 3.19. The highest BCUT2D eigenvalue weighted by Crippen LogP contribution is 2.15. The molecular formula is C12H18N2O. The molecule has 1 aromatic carbocycles. The Balaban J connectivity index is 1.91. The van der Waals surface area contributed by atoms with Gasteiger partial charge in [0.25, 0.3) is 0 Å². The van der Waals surface area contributed by atoms with Crippen molar-refractivity contribution in [2.45, 2.75) is 12.6 Å². The lowest BCUT2D eigenvalue weighted by atomic mass is 10.2. The van der Waals surface area contributed by atoms with Crippen molar-refractivity contribution >= 4 is 0 Å². The van der Waals surface area contributed by atoms with Gasteiger partial charge in [-0.2, -0.15) is 0 Å². The van der Waals surface area contributed by atoms with Gasteiger partial charge in [-0.05, 0) is 31.8 Å². The van der Waals surface area contributed by atoms with Crippen LogP contribution in [-0.2, 0) is 6.54 Å². The molecule has 0 atom stereocenters. The summed E-state index contributed by atoms with van der Waals surface area (Å²) in [4.78, 5) is 2.16. The molecule has 0 unspecified atom stereocenters. The van der Waals surface area contributed by atoms with Crippen LogP contribution in [0, 0.1) is 0 Å². The minimum Gasteiger partial charge on any atom is -0.488 e. The van der Waals surface area contributed by atoms with Gasteiger partial charge in [0.2, 0.25) is 0 Å². The highest BCUT2D eigenvalue weighted by Gasteiger charge is 2.17. The Morgan fingerprint density at radius 2 is 1.93 bits per heavy atom. The second-order valence-electron chi connectivity index (χ2n) is 4.28. The molecule has 0 saturated carbocycles. The zero-order valence-electron chi connectivity index (χ0n) is 9.36. The van der Waals surface area contributed by atoms with Crippen LogP contribution >= 0.6 is 0 Å². The SMILES string of the molecule is CN(C)Cc1ccc(OC2CNC2)cc1. The smallest absolute Gasteiger partial charge is 0.123 e. The molecule has 1 N–H and O–H groups in total. The molecule has 1 aliphatic rings. The molecule has 82 valence electrons. The van der Waals surface area contributed by atoms with Crippen LogP contribution in [0.5, 0.6) is 5.75 Å². The quantitative estimate of drug-likeness (QED) is 0.798.